The first-order valence-electron chi connectivity index (χ1n) is 9.99. The number of nitrogens with one attached hydrogen (secondary N) is 1. The molecule has 0 heterocycles. The monoisotopic (exact) mass is 431 g/mol. The highest BCUT2D eigenvalue weighted by Gasteiger charge is 2.44. The van der Waals surface area contributed by atoms with Crippen LogP contribution < -0.4 is 5.32 Å². The Labute approximate surface area is 170 Å². The third-order valence-electron chi connectivity index (χ3n) is 5.78. The summed E-state index contributed by atoms with van der Waals surface area (Å²) in [6.07, 6.45) is 3.58. The molecule has 0 amide bonds. The molecular weight excluding hydrogens is 403 g/mol. The van der Waals surface area contributed by atoms with E-state index in [1.165, 1.54) is 12.1 Å². The number of hydrogen-bond acceptors (Lipinski definition) is 4. The molecule has 0 spiro atoms. The van der Waals surface area contributed by atoms with Crippen LogP contribution in [0.5, 0.6) is 0 Å². The molecule has 162 valence electrons. The Hall–Kier alpha value is -1.41. The summed E-state index contributed by atoms with van der Waals surface area (Å²) in [7, 11) is -3.57. The fraction of sp³-hybridized carbons (Fsp3) is 0.667. The summed E-state index contributed by atoms with van der Waals surface area (Å²) in [6, 6.07) is 1.78. The predicted molar refractivity (Wildman–Crippen MR) is 105 cm³/mol. The first kappa shape index (κ1) is 22.3. The molecule has 1 aromatic rings. The van der Waals surface area contributed by atoms with Gasteiger partial charge in [-0.25, -0.2) is 21.6 Å². The molecule has 0 aromatic heterocycles. The molecule has 2 saturated carbocycles. The van der Waals surface area contributed by atoms with Crippen LogP contribution in [0.1, 0.15) is 57.6 Å². The third-order valence-corrected chi connectivity index (χ3v) is 7.60. The van der Waals surface area contributed by atoms with Crippen molar-refractivity contribution in [3.05, 3.63) is 35.6 Å². The molecule has 0 bridgehead atoms. The number of ketones is 1. The molecule has 1 aromatic carbocycles. The van der Waals surface area contributed by atoms with Crippen LogP contribution in [-0.4, -0.2) is 37.7 Å². The van der Waals surface area contributed by atoms with Gasteiger partial charge in [0, 0.05) is 13.3 Å². The highest BCUT2D eigenvalue weighted by Crippen LogP contribution is 2.48. The second kappa shape index (κ2) is 8.02. The van der Waals surface area contributed by atoms with E-state index in [0.717, 1.165) is 37.8 Å². The Morgan fingerprint density at radius 3 is 2.31 bits per heavy atom. The lowest BCUT2D eigenvalue weighted by Crippen LogP contribution is -2.49. The number of alkyl halides is 2. The molecule has 4 nitrogen and oxygen atoms in total. The molecular formula is C21H28F3NO3S. The van der Waals surface area contributed by atoms with E-state index in [1.54, 1.807) is 0 Å². The first-order valence-corrected chi connectivity index (χ1v) is 11.8. The van der Waals surface area contributed by atoms with Gasteiger partial charge >= 0.3 is 0 Å². The van der Waals surface area contributed by atoms with Crippen LogP contribution in [0.2, 0.25) is 0 Å². The Morgan fingerprint density at radius 1 is 1.24 bits per heavy atom. The molecule has 3 rings (SSSR count). The predicted octanol–water partition coefficient (Wildman–Crippen LogP) is 4.06. The zero-order chi connectivity index (χ0) is 21.4. The maximum absolute atomic E-state index is 14.4. The SMILES string of the molecule is CC1(CC(=O)[C@H](CS(=O)(=O)CC2CC2)N[C@@H](c2ccc(F)cc2)C(C)(F)F)CC1. The summed E-state index contributed by atoms with van der Waals surface area (Å²) in [5.74, 6) is -4.60. The van der Waals surface area contributed by atoms with Gasteiger partial charge in [0.05, 0.1) is 23.6 Å². The number of carbonyl (C=O) groups excluding carboxylic acids is 1. The fourth-order valence-electron chi connectivity index (χ4n) is 3.53. The van der Waals surface area contributed by atoms with Crippen molar-refractivity contribution >= 4 is 15.6 Å². The van der Waals surface area contributed by atoms with E-state index in [0.29, 0.717) is 6.92 Å². The topological polar surface area (TPSA) is 63.2 Å². The standard InChI is InChI=1S/C21H28F3NO3S/c1-20(9-10-20)11-18(26)17(13-29(27,28)12-14-3-4-14)25-19(21(2,23)24)15-5-7-16(22)8-6-15/h5-8,14,17,19,25H,3-4,9-13H2,1-2H3/t17-,19-/m0/s1. The van der Waals surface area contributed by atoms with E-state index < -0.39 is 39.4 Å². The van der Waals surface area contributed by atoms with Crippen LogP contribution >= 0.6 is 0 Å². The lowest BCUT2D eigenvalue weighted by atomic mass is 9.95. The van der Waals surface area contributed by atoms with Crippen LogP contribution in [0.3, 0.4) is 0 Å². The highest BCUT2D eigenvalue weighted by atomic mass is 32.2. The van der Waals surface area contributed by atoms with E-state index in [9.17, 15) is 26.4 Å². The summed E-state index contributed by atoms with van der Waals surface area (Å²) in [6.45, 7) is 2.64. The molecule has 0 aliphatic heterocycles. The van der Waals surface area contributed by atoms with Gasteiger partial charge in [0.2, 0.25) is 0 Å². The smallest absolute Gasteiger partial charge is 0.264 e. The minimum absolute atomic E-state index is 0.0144. The summed E-state index contributed by atoms with van der Waals surface area (Å²) in [4.78, 5) is 12.9. The molecule has 0 radical (unpaired) electrons. The maximum atomic E-state index is 14.4. The number of hydrogen-bond donors (Lipinski definition) is 1. The molecule has 0 saturated heterocycles. The van der Waals surface area contributed by atoms with Crippen LogP contribution in [0.15, 0.2) is 24.3 Å². The molecule has 2 aliphatic rings. The van der Waals surface area contributed by atoms with E-state index >= 15 is 0 Å². The van der Waals surface area contributed by atoms with Gasteiger partial charge < -0.3 is 0 Å². The van der Waals surface area contributed by atoms with E-state index in [1.807, 2.05) is 6.92 Å². The summed E-state index contributed by atoms with van der Waals surface area (Å²) >= 11 is 0. The Morgan fingerprint density at radius 2 is 1.83 bits per heavy atom. The van der Waals surface area contributed by atoms with Crippen molar-refractivity contribution < 1.29 is 26.4 Å². The summed E-state index contributed by atoms with van der Waals surface area (Å²) < 4.78 is 67.1. The zero-order valence-electron chi connectivity index (χ0n) is 16.8. The van der Waals surface area contributed by atoms with Crippen molar-refractivity contribution in [2.75, 3.05) is 11.5 Å². The van der Waals surface area contributed by atoms with Gasteiger partial charge in [-0.1, -0.05) is 19.1 Å². The van der Waals surface area contributed by atoms with Crippen LogP contribution in [0.25, 0.3) is 0 Å². The second-order valence-electron chi connectivity index (χ2n) is 9.13. The van der Waals surface area contributed by atoms with Crippen LogP contribution in [0.4, 0.5) is 13.2 Å². The van der Waals surface area contributed by atoms with Gasteiger partial charge in [-0.2, -0.15) is 0 Å². The molecule has 2 atom stereocenters. The average Bonchev–Trinajstić information content (AvgIpc) is 3.51. The lowest BCUT2D eigenvalue weighted by Gasteiger charge is -2.30. The fourth-order valence-corrected chi connectivity index (χ4v) is 5.50. The maximum Gasteiger partial charge on any atom is 0.264 e. The van der Waals surface area contributed by atoms with Crippen molar-refractivity contribution in [3.8, 4) is 0 Å². The highest BCUT2D eigenvalue weighted by molar-refractivity contribution is 7.91. The molecule has 2 fully saturated rings. The van der Waals surface area contributed by atoms with Gasteiger partial charge in [-0.3, -0.25) is 10.1 Å². The normalized spacial score (nSPS) is 20.9. The van der Waals surface area contributed by atoms with Crippen molar-refractivity contribution in [2.24, 2.45) is 11.3 Å². The second-order valence-corrected chi connectivity index (χ2v) is 11.3. The molecule has 0 unspecified atom stereocenters. The minimum atomic E-state index is -3.57. The number of rotatable bonds is 11. The number of carbonyl (C=O) groups is 1. The van der Waals surface area contributed by atoms with Crippen molar-refractivity contribution in [1.29, 1.82) is 0 Å². The van der Waals surface area contributed by atoms with Crippen molar-refractivity contribution in [1.82, 2.24) is 5.32 Å². The van der Waals surface area contributed by atoms with Gasteiger partial charge in [0.25, 0.3) is 5.92 Å². The molecule has 2 aliphatic carbocycles. The Kier molecular flexibility index (Phi) is 6.16. The van der Waals surface area contributed by atoms with E-state index in [2.05, 4.69) is 5.32 Å². The number of halogens is 3. The molecule has 1 N–H and O–H groups in total. The number of Topliss-reactive ketones (excluding diaryl/α,β-unsaturated/α-hetero) is 1. The lowest BCUT2D eigenvalue weighted by molar-refractivity contribution is -0.122. The third kappa shape index (κ3) is 6.54. The van der Waals surface area contributed by atoms with Crippen molar-refractivity contribution in [3.63, 3.8) is 0 Å². The zero-order valence-corrected chi connectivity index (χ0v) is 17.6. The quantitative estimate of drug-likeness (QED) is 0.574. The minimum Gasteiger partial charge on any atom is -0.298 e. The number of sulfone groups is 1. The Bertz CT molecular complexity index is 841. The van der Waals surface area contributed by atoms with E-state index in [-0.39, 0.29) is 34.9 Å². The average molecular weight is 432 g/mol. The van der Waals surface area contributed by atoms with Crippen molar-refractivity contribution in [2.45, 2.75) is 64.0 Å². The Balaban J connectivity index is 1.83. The van der Waals surface area contributed by atoms with Gasteiger partial charge in [-0.05, 0) is 54.7 Å². The number of benzene rings is 1. The largest absolute Gasteiger partial charge is 0.298 e. The summed E-state index contributed by atoms with van der Waals surface area (Å²) in [5, 5.41) is 2.63. The van der Waals surface area contributed by atoms with E-state index in [4.69, 9.17) is 0 Å². The van der Waals surface area contributed by atoms with Crippen LogP contribution in [0, 0.1) is 17.2 Å². The van der Waals surface area contributed by atoms with Gasteiger partial charge in [-0.15, -0.1) is 0 Å². The summed E-state index contributed by atoms with van der Waals surface area (Å²) in [5.41, 5.74) is -0.0638. The molecule has 8 heteroatoms. The van der Waals surface area contributed by atoms with Crippen LogP contribution in [-0.2, 0) is 14.6 Å². The molecule has 29 heavy (non-hydrogen) atoms. The van der Waals surface area contributed by atoms with Gasteiger partial charge in [0.15, 0.2) is 15.6 Å². The first-order chi connectivity index (χ1) is 13.4. The van der Waals surface area contributed by atoms with Gasteiger partial charge in [0.1, 0.15) is 5.82 Å².